The molecule has 0 amide bonds. The minimum Gasteiger partial charge on any atom is -0.382 e. The molecule has 0 radical (unpaired) electrons. The average molecular weight is 630 g/mol. The quantitative estimate of drug-likeness (QED) is 0.272. The Morgan fingerprint density at radius 2 is 1.66 bits per heavy atom. The zero-order valence-corrected chi connectivity index (χ0v) is 24.3. The molecule has 216 valence electrons. The number of piperazine rings is 1. The van der Waals surface area contributed by atoms with E-state index < -0.39 is 17.2 Å². The van der Waals surface area contributed by atoms with E-state index in [1.54, 1.807) is 12.1 Å². The number of likely N-dealkylation sites (N-methyl/N-ethyl adjacent to an activating group) is 1. The van der Waals surface area contributed by atoms with E-state index in [1.807, 2.05) is 11.9 Å². The van der Waals surface area contributed by atoms with Gasteiger partial charge in [-0.2, -0.15) is 5.10 Å². The van der Waals surface area contributed by atoms with Crippen molar-refractivity contribution < 1.29 is 18.3 Å². The highest BCUT2D eigenvalue weighted by Gasteiger charge is 2.35. The van der Waals surface area contributed by atoms with Crippen LogP contribution >= 0.6 is 15.9 Å². The predicted octanol–water partition coefficient (Wildman–Crippen LogP) is 4.80. The molecule has 11 heteroatoms. The third-order valence-electron chi connectivity index (χ3n) is 7.38. The molecule has 0 aliphatic carbocycles. The van der Waals surface area contributed by atoms with Crippen molar-refractivity contribution in [3.63, 3.8) is 0 Å². The molecular formula is C30H32BrF3N6O. The smallest absolute Gasteiger partial charge is 0.137 e. The normalized spacial score (nSPS) is 15.8. The standard InChI is InChI=1S/C30H32BrF3N6O/c1-37(18-30(41,19-40-21-35-20-36-40)27-8-4-25(33)15-29(27)34)16-22-2-6-26(7-3-22)39-12-10-38(11-13-39)17-23-14-24(32)5-9-28(23)31/h2-9,14-15,20-21,41H,10-13,16-19H2,1H3. The number of anilines is 1. The summed E-state index contributed by atoms with van der Waals surface area (Å²) in [6.45, 7) is 4.73. The number of hydrogen-bond acceptors (Lipinski definition) is 6. The van der Waals surface area contributed by atoms with Crippen LogP contribution in [0.15, 0.2) is 77.8 Å². The summed E-state index contributed by atoms with van der Waals surface area (Å²) < 4.78 is 44.4. The van der Waals surface area contributed by atoms with Gasteiger partial charge in [0, 0.05) is 67.6 Å². The van der Waals surface area contributed by atoms with Gasteiger partial charge in [0.25, 0.3) is 0 Å². The minimum atomic E-state index is -1.67. The number of halogens is 4. The van der Waals surface area contributed by atoms with Crippen LogP contribution in [0.25, 0.3) is 0 Å². The molecule has 5 rings (SSSR count). The molecule has 1 aliphatic heterocycles. The van der Waals surface area contributed by atoms with Crippen molar-refractivity contribution >= 4 is 21.6 Å². The van der Waals surface area contributed by atoms with Crippen LogP contribution in [0.1, 0.15) is 16.7 Å². The number of aromatic nitrogens is 3. The van der Waals surface area contributed by atoms with E-state index >= 15 is 0 Å². The first kappa shape index (κ1) is 29.2. The summed E-state index contributed by atoms with van der Waals surface area (Å²) in [5.41, 5.74) is 1.44. The maximum Gasteiger partial charge on any atom is 0.137 e. The topological polar surface area (TPSA) is 60.7 Å². The van der Waals surface area contributed by atoms with E-state index in [0.717, 1.165) is 59.6 Å². The molecular weight excluding hydrogens is 597 g/mol. The van der Waals surface area contributed by atoms with Crippen LogP contribution in [0.5, 0.6) is 0 Å². The molecule has 0 saturated carbocycles. The molecule has 7 nitrogen and oxygen atoms in total. The van der Waals surface area contributed by atoms with E-state index in [-0.39, 0.29) is 24.5 Å². The SMILES string of the molecule is CN(Cc1ccc(N2CCN(Cc3cc(F)ccc3Br)CC2)cc1)CC(O)(Cn1cncn1)c1ccc(F)cc1F. The zero-order valence-electron chi connectivity index (χ0n) is 22.7. The third-order valence-corrected chi connectivity index (χ3v) is 8.16. The number of benzene rings is 3. The van der Waals surface area contributed by atoms with Gasteiger partial charge in [-0.25, -0.2) is 22.8 Å². The Labute approximate surface area is 246 Å². The van der Waals surface area contributed by atoms with Crippen molar-refractivity contribution in [1.29, 1.82) is 0 Å². The van der Waals surface area contributed by atoms with Crippen LogP contribution in [0.2, 0.25) is 0 Å². The maximum atomic E-state index is 14.8. The van der Waals surface area contributed by atoms with E-state index in [0.29, 0.717) is 13.1 Å². The van der Waals surface area contributed by atoms with Crippen LogP contribution in [0.3, 0.4) is 0 Å². The van der Waals surface area contributed by atoms with Crippen LogP contribution in [-0.2, 0) is 25.2 Å². The number of rotatable bonds is 10. The maximum absolute atomic E-state index is 14.8. The van der Waals surface area contributed by atoms with Crippen molar-refractivity contribution in [3.8, 4) is 0 Å². The lowest BCUT2D eigenvalue weighted by Crippen LogP contribution is -2.46. The van der Waals surface area contributed by atoms with Gasteiger partial charge in [-0.3, -0.25) is 9.80 Å². The largest absolute Gasteiger partial charge is 0.382 e. The molecule has 1 saturated heterocycles. The van der Waals surface area contributed by atoms with Crippen molar-refractivity contribution in [1.82, 2.24) is 24.6 Å². The Bertz CT molecular complexity index is 1450. The number of aliphatic hydroxyl groups is 1. The molecule has 1 unspecified atom stereocenters. The van der Waals surface area contributed by atoms with Gasteiger partial charge in [-0.15, -0.1) is 0 Å². The Balaban J connectivity index is 1.19. The fourth-order valence-corrected chi connectivity index (χ4v) is 5.74. The first-order valence-electron chi connectivity index (χ1n) is 13.4. The number of nitrogens with zero attached hydrogens (tertiary/aromatic N) is 6. The fourth-order valence-electron chi connectivity index (χ4n) is 5.37. The average Bonchev–Trinajstić information content (AvgIpc) is 3.44. The van der Waals surface area contributed by atoms with Gasteiger partial charge >= 0.3 is 0 Å². The van der Waals surface area contributed by atoms with Gasteiger partial charge in [-0.1, -0.05) is 34.1 Å². The minimum absolute atomic E-state index is 0.000460. The van der Waals surface area contributed by atoms with Gasteiger partial charge in [0.05, 0.1) is 6.54 Å². The van der Waals surface area contributed by atoms with E-state index in [9.17, 15) is 18.3 Å². The molecule has 41 heavy (non-hydrogen) atoms. The second kappa shape index (κ2) is 12.7. The van der Waals surface area contributed by atoms with Crippen LogP contribution in [-0.4, -0.2) is 69.4 Å². The summed E-state index contributed by atoms with van der Waals surface area (Å²) in [5.74, 6) is -1.74. The Morgan fingerprint density at radius 1 is 0.951 bits per heavy atom. The summed E-state index contributed by atoms with van der Waals surface area (Å²) in [6.07, 6.45) is 2.79. The first-order chi connectivity index (χ1) is 19.7. The lowest BCUT2D eigenvalue weighted by Gasteiger charge is -2.36. The van der Waals surface area contributed by atoms with Crippen LogP contribution in [0.4, 0.5) is 18.9 Å². The molecule has 4 aromatic rings. The third kappa shape index (κ3) is 7.34. The van der Waals surface area contributed by atoms with E-state index in [2.05, 4.69) is 60.1 Å². The van der Waals surface area contributed by atoms with Crippen molar-refractivity contribution in [2.45, 2.75) is 25.2 Å². The highest BCUT2D eigenvalue weighted by molar-refractivity contribution is 9.10. The monoisotopic (exact) mass is 628 g/mol. The van der Waals surface area contributed by atoms with Crippen LogP contribution in [0, 0.1) is 17.5 Å². The van der Waals surface area contributed by atoms with Gasteiger partial charge in [0.2, 0.25) is 0 Å². The van der Waals surface area contributed by atoms with Gasteiger partial charge in [0.15, 0.2) is 0 Å². The Morgan fingerprint density at radius 3 is 2.34 bits per heavy atom. The molecule has 1 atom stereocenters. The highest BCUT2D eigenvalue weighted by atomic mass is 79.9. The van der Waals surface area contributed by atoms with Crippen molar-refractivity contribution in [3.05, 3.63) is 112 Å². The zero-order chi connectivity index (χ0) is 29.0. The summed E-state index contributed by atoms with van der Waals surface area (Å²) in [6, 6.07) is 16.3. The molecule has 0 bridgehead atoms. The predicted molar refractivity (Wildman–Crippen MR) is 155 cm³/mol. The van der Waals surface area contributed by atoms with Crippen LogP contribution < -0.4 is 4.90 Å². The second-order valence-electron chi connectivity index (χ2n) is 10.6. The Hall–Kier alpha value is -3.25. The second-order valence-corrected chi connectivity index (χ2v) is 11.4. The molecule has 2 heterocycles. The molecule has 0 spiro atoms. The van der Waals surface area contributed by atoms with Gasteiger partial charge in [0.1, 0.15) is 35.7 Å². The summed E-state index contributed by atoms with van der Waals surface area (Å²) in [7, 11) is 1.85. The lowest BCUT2D eigenvalue weighted by molar-refractivity contribution is -0.0175. The summed E-state index contributed by atoms with van der Waals surface area (Å²) in [4.78, 5) is 10.5. The van der Waals surface area contributed by atoms with Crippen molar-refractivity contribution in [2.75, 3.05) is 44.7 Å². The van der Waals surface area contributed by atoms with Crippen molar-refractivity contribution in [2.24, 2.45) is 0 Å². The fraction of sp³-hybridized carbons (Fsp3) is 0.333. The molecule has 1 aromatic heterocycles. The van der Waals surface area contributed by atoms with E-state index in [1.165, 1.54) is 29.5 Å². The molecule has 1 fully saturated rings. The summed E-state index contributed by atoms with van der Waals surface area (Å²) in [5, 5.41) is 15.7. The molecule has 1 aliphatic rings. The molecule has 3 aromatic carbocycles. The molecule has 1 N–H and O–H groups in total. The lowest BCUT2D eigenvalue weighted by atomic mass is 9.92. The summed E-state index contributed by atoms with van der Waals surface area (Å²) >= 11 is 3.52. The highest BCUT2D eigenvalue weighted by Crippen LogP contribution is 2.28. The van der Waals surface area contributed by atoms with Gasteiger partial charge < -0.3 is 10.0 Å². The Kier molecular flexibility index (Phi) is 9.08. The van der Waals surface area contributed by atoms with Gasteiger partial charge in [-0.05, 0) is 54.6 Å². The van der Waals surface area contributed by atoms with E-state index in [4.69, 9.17) is 0 Å². The number of hydrogen-bond donors (Lipinski definition) is 1. The first-order valence-corrected chi connectivity index (χ1v) is 14.2.